The molecule has 8 aromatic carbocycles. The van der Waals surface area contributed by atoms with Crippen LogP contribution in [0.5, 0.6) is 0 Å². The van der Waals surface area contributed by atoms with Gasteiger partial charge in [0.25, 0.3) is 5.91 Å². The number of amides is 1. The van der Waals surface area contributed by atoms with Gasteiger partial charge in [0, 0.05) is 100 Å². The van der Waals surface area contributed by atoms with Gasteiger partial charge in [0.15, 0.2) is 22.9 Å². The van der Waals surface area contributed by atoms with Gasteiger partial charge in [-0.15, -0.1) is 25.5 Å². The Morgan fingerprint density at radius 1 is 0.368 bits per heavy atom. The SMILES string of the molecule is CC(C)c1nc(-c2ncn3c2Cc2c(C(=O)c4ccc(F)cc4)nnn2-c2ccc(F)cc2-3)no1.CC(C)c1nc(-c2ncn3c2Cc2c(Cc4ccc(F)cc4)nnn2-c2ccc(F)cc2-3)no1.CCC(=O)c1nnn2c1Cc1c(Br)ncn1-c1ccc(C)cc1-2.Cc1ccc2c(c1)-n1nnc(C(=O)N3CCCC3)c1Cc1c(Br)ncn1-2.Fc1ccc2c(c1)-n1cnc(Br)c1Cc1c(Cc3ccccc3)nnn1-2. The van der Waals surface area contributed by atoms with E-state index in [-0.39, 0.29) is 64.5 Å². The van der Waals surface area contributed by atoms with Crippen molar-refractivity contribution in [3.63, 3.8) is 0 Å². The molecular weight excluding hydrogens is 2050 g/mol. The van der Waals surface area contributed by atoms with Crippen molar-refractivity contribution in [3.05, 3.63) is 369 Å². The first-order chi connectivity index (χ1) is 69.8. The zero-order valence-electron chi connectivity index (χ0n) is 77.7. The molecular formula is C101H80Br3F5N30O5. The quantitative estimate of drug-likeness (QED) is 0.0764. The maximum atomic E-state index is 14.3. The lowest BCUT2D eigenvalue weighted by Crippen LogP contribution is -2.29. The van der Waals surface area contributed by atoms with Gasteiger partial charge in [0.1, 0.15) is 85.9 Å². The summed E-state index contributed by atoms with van der Waals surface area (Å²) in [5.41, 5.74) is 23.9. The smallest absolute Gasteiger partial charge is 0.276 e. The van der Waals surface area contributed by atoms with Crippen LogP contribution in [0.1, 0.15) is 205 Å². The van der Waals surface area contributed by atoms with Crippen LogP contribution >= 0.6 is 47.8 Å². The van der Waals surface area contributed by atoms with Crippen LogP contribution in [0.4, 0.5) is 22.0 Å². The molecule has 0 spiro atoms. The molecule has 6 aliphatic rings. The van der Waals surface area contributed by atoms with Crippen LogP contribution in [-0.4, -0.2) is 178 Å². The van der Waals surface area contributed by atoms with Gasteiger partial charge in [-0.25, -0.2) is 70.3 Å². The molecule has 43 heteroatoms. The number of aromatic nitrogens is 29. The maximum absolute atomic E-state index is 14.3. The summed E-state index contributed by atoms with van der Waals surface area (Å²) in [6, 6.07) is 47.4. The van der Waals surface area contributed by atoms with Crippen LogP contribution in [0, 0.1) is 42.9 Å². The van der Waals surface area contributed by atoms with E-state index >= 15 is 0 Å². The maximum Gasteiger partial charge on any atom is 0.276 e. The number of hydrogen-bond acceptors (Lipinski definition) is 24. The first-order valence-corrected chi connectivity index (χ1v) is 48.4. The van der Waals surface area contributed by atoms with Gasteiger partial charge in [-0.05, 0) is 194 Å². The summed E-state index contributed by atoms with van der Waals surface area (Å²) >= 11 is 10.6. The van der Waals surface area contributed by atoms with Crippen LogP contribution < -0.4 is 0 Å². The second-order valence-corrected chi connectivity index (χ2v) is 37.9. The molecule has 0 radical (unpaired) electrons. The minimum atomic E-state index is -0.450. The summed E-state index contributed by atoms with van der Waals surface area (Å²) < 4.78 is 101. The molecule has 1 amide bonds. The molecule has 720 valence electrons. The number of halogens is 8. The molecule has 0 bridgehead atoms. The fourth-order valence-corrected chi connectivity index (χ4v) is 19.6. The predicted octanol–water partition coefficient (Wildman–Crippen LogP) is 18.0. The number of benzene rings is 8. The van der Waals surface area contributed by atoms with Crippen molar-refractivity contribution in [2.75, 3.05) is 13.1 Å². The van der Waals surface area contributed by atoms with Gasteiger partial charge in [0.05, 0.1) is 125 Å². The molecule has 12 aromatic heterocycles. The second kappa shape index (κ2) is 37.9. The number of fused-ring (bicyclic) bond motifs is 25. The minimum Gasteiger partial charge on any atom is -0.339 e. The van der Waals surface area contributed by atoms with Gasteiger partial charge < -0.3 is 13.9 Å². The van der Waals surface area contributed by atoms with Crippen molar-refractivity contribution in [3.8, 4) is 79.9 Å². The number of hydrogen-bond donors (Lipinski definition) is 0. The fourth-order valence-electron chi connectivity index (χ4n) is 18.3. The van der Waals surface area contributed by atoms with Crippen LogP contribution in [0.15, 0.2) is 224 Å². The third kappa shape index (κ3) is 17.1. The topological polar surface area (TPSA) is 375 Å². The monoisotopic (exact) mass is 2120 g/mol. The Hall–Kier alpha value is -16.3. The summed E-state index contributed by atoms with van der Waals surface area (Å²) in [5.74, 6) is -0.571. The van der Waals surface area contributed by atoms with E-state index in [0.29, 0.717) is 125 Å². The van der Waals surface area contributed by atoms with Crippen molar-refractivity contribution in [2.45, 2.75) is 125 Å². The summed E-state index contributed by atoms with van der Waals surface area (Å²) in [6.45, 7) is 15.3. The van der Waals surface area contributed by atoms with Gasteiger partial charge in [-0.2, -0.15) is 9.97 Å². The molecule has 0 aliphatic carbocycles. The third-order valence-corrected chi connectivity index (χ3v) is 27.6. The Bertz CT molecular complexity index is 8440. The first-order valence-electron chi connectivity index (χ1n) is 46.0. The summed E-state index contributed by atoms with van der Waals surface area (Å²) in [5, 5.41) is 51.2. The van der Waals surface area contributed by atoms with Gasteiger partial charge in [-0.3, -0.25) is 37.2 Å². The highest BCUT2D eigenvalue weighted by Crippen LogP contribution is 2.42. The Labute approximate surface area is 839 Å². The molecule has 0 N–H and O–H groups in total. The molecule has 0 saturated carbocycles. The number of imidazole rings is 5. The number of carbonyl (C=O) groups is 3. The molecule has 20 aromatic rings. The van der Waals surface area contributed by atoms with Crippen molar-refractivity contribution in [1.82, 2.24) is 148 Å². The van der Waals surface area contributed by atoms with E-state index in [9.17, 15) is 36.3 Å². The number of Topliss-reactive ketones (excluding diaryl/α,β-unsaturated/α-hetero) is 1. The molecule has 35 nitrogen and oxygen atoms in total. The Balaban J connectivity index is 0.000000104. The lowest BCUT2D eigenvalue weighted by atomic mass is 10.0. The highest BCUT2D eigenvalue weighted by atomic mass is 79.9. The summed E-state index contributed by atoms with van der Waals surface area (Å²) in [4.78, 5) is 71.5. The van der Waals surface area contributed by atoms with E-state index in [1.54, 1.807) is 75.9 Å². The standard InChI is InChI=1S/C24H17F2N7O2.C24H19F2N7O.C19H13BrFN5.C18H17BrN6O.C16H14BrN5O/c1-12(2)24-28-23(30-35-24)21-18-10-19-20(22(34)13-3-5-14(25)6-4-13)29-31-33(19)16-8-7-15(26)9-17(16)32(18)11-27-21;1-13(2)24-28-23(30-34-24)22-21-11-19-17(9-14-3-5-15(25)6-4-14)29-31-33(19)18-8-7-16(26)10-20(18)32(21)12-27-22;20-19-18-10-16-14(8-12-4-2-1-3-5-12)23-24-26(16)15-7-6-13(21)9-17(15)25(18)11-22-19;1-11-4-5-12-13(8-11)25-14(9-15-17(19)20-10-24(12)15)16(21-22-25)18(26)23-6-2-3-7-23;1-3-14(23)15-12-7-13-16(17)18-8-21(13)10-5-4-9(2)6-11(10)22(12)20-19-15/h3-9,11-12H,10H2,1-2H3;3-8,10,12-13H,9,11H2,1-2H3;1-7,9,11H,8,10H2;4-5,8,10H,2-3,6-7,9H2,1H3;4-6,8H,3,7H2,1-2H3. The average molecular weight is 2130 g/mol. The van der Waals surface area contributed by atoms with Crippen molar-refractivity contribution < 1.29 is 45.4 Å². The number of ketones is 2. The Kier molecular flexibility index (Phi) is 24.4. The average Bonchev–Trinajstić information content (AvgIpc) is 1.59. The second-order valence-electron chi connectivity index (χ2n) is 35.6. The fraction of sp³-hybridized carbons (Fsp3) is 0.208. The third-order valence-electron chi connectivity index (χ3n) is 25.6. The molecule has 1 saturated heterocycles. The number of likely N-dealkylation sites (tertiary alicyclic amines) is 1. The van der Waals surface area contributed by atoms with Crippen molar-refractivity contribution in [1.29, 1.82) is 0 Å². The number of carbonyl (C=O) groups excluding carboxylic acids is 3. The van der Waals surface area contributed by atoms with Crippen LogP contribution in [0.2, 0.25) is 0 Å². The van der Waals surface area contributed by atoms with Gasteiger partial charge in [-0.1, -0.05) is 126 Å². The molecule has 1 fully saturated rings. The Morgan fingerprint density at radius 3 is 1.19 bits per heavy atom. The first kappa shape index (κ1) is 92.7. The van der Waals surface area contributed by atoms with E-state index in [1.807, 2.05) is 101 Å². The normalized spacial score (nSPS) is 12.9. The highest BCUT2D eigenvalue weighted by Gasteiger charge is 2.38. The van der Waals surface area contributed by atoms with E-state index in [0.717, 1.165) is 142 Å². The number of nitrogens with zero attached hydrogens (tertiary/aromatic N) is 30. The van der Waals surface area contributed by atoms with E-state index in [1.165, 1.54) is 83.0 Å². The molecule has 0 atom stereocenters. The zero-order chi connectivity index (χ0) is 99.3. The van der Waals surface area contributed by atoms with E-state index in [2.05, 4.69) is 192 Å². The van der Waals surface area contributed by atoms with E-state index in [4.69, 9.17) is 9.05 Å². The summed E-state index contributed by atoms with van der Waals surface area (Å²) in [6.07, 6.45) is 14.4. The predicted molar refractivity (Wildman–Crippen MR) is 522 cm³/mol. The lowest BCUT2D eigenvalue weighted by Gasteiger charge is -2.14. The minimum absolute atomic E-state index is 0.00420. The number of rotatable bonds is 13. The van der Waals surface area contributed by atoms with Crippen LogP contribution in [-0.2, 0) is 44.9 Å². The molecule has 144 heavy (non-hydrogen) atoms. The molecule has 18 heterocycles. The number of aryl methyl sites for hydroxylation is 2. The zero-order valence-corrected chi connectivity index (χ0v) is 82.4. The van der Waals surface area contributed by atoms with Crippen LogP contribution in [0.25, 0.3) is 79.9 Å². The molecule has 0 unspecified atom stereocenters. The van der Waals surface area contributed by atoms with Crippen molar-refractivity contribution >= 4 is 65.3 Å². The van der Waals surface area contributed by atoms with Crippen molar-refractivity contribution in [2.24, 2.45) is 0 Å². The summed E-state index contributed by atoms with van der Waals surface area (Å²) in [7, 11) is 0. The Morgan fingerprint density at radius 2 is 0.729 bits per heavy atom. The lowest BCUT2D eigenvalue weighted by molar-refractivity contribution is 0.0785. The van der Waals surface area contributed by atoms with Gasteiger partial charge in [0.2, 0.25) is 29.2 Å². The van der Waals surface area contributed by atoms with E-state index < -0.39 is 17.4 Å². The molecule has 26 rings (SSSR count). The molecule has 6 aliphatic heterocycles. The van der Waals surface area contributed by atoms with Crippen LogP contribution in [0.3, 0.4) is 0 Å². The highest BCUT2D eigenvalue weighted by molar-refractivity contribution is 9.11. The largest absolute Gasteiger partial charge is 0.339 e. The van der Waals surface area contributed by atoms with Gasteiger partial charge >= 0.3 is 0 Å².